The number of unbranched alkanes of at least 4 members (excludes halogenated alkanes) is 6. The summed E-state index contributed by atoms with van der Waals surface area (Å²) in [5.41, 5.74) is 0.437. The number of hydrogen-bond donors (Lipinski definition) is 0. The maximum absolute atomic E-state index is 12.4. The van der Waals surface area contributed by atoms with E-state index in [1.165, 1.54) is 44.1 Å². The highest BCUT2D eigenvalue weighted by molar-refractivity contribution is 5.98. The van der Waals surface area contributed by atoms with Crippen LogP contribution in [0.2, 0.25) is 0 Å². The highest BCUT2D eigenvalue weighted by Gasteiger charge is 2.18. The lowest BCUT2D eigenvalue weighted by atomic mass is 10.1. The van der Waals surface area contributed by atoms with Crippen molar-refractivity contribution in [2.75, 3.05) is 27.3 Å². The van der Waals surface area contributed by atoms with Crippen LogP contribution in [-0.2, 0) is 9.53 Å². The van der Waals surface area contributed by atoms with E-state index in [0.29, 0.717) is 17.9 Å². The molecule has 0 aromatic heterocycles. The number of esters is 1. The van der Waals surface area contributed by atoms with Crippen LogP contribution in [0.4, 0.5) is 0 Å². The van der Waals surface area contributed by atoms with Crippen LogP contribution in [0.3, 0.4) is 0 Å². The molecule has 1 aromatic carbocycles. The Balaban J connectivity index is 2.26. The number of amides is 1. The molecular weight excluding hydrogens is 318 g/mol. The Morgan fingerprint density at radius 3 is 2.32 bits per heavy atom. The molecule has 0 aliphatic rings. The van der Waals surface area contributed by atoms with Gasteiger partial charge in [0.15, 0.2) is 0 Å². The van der Waals surface area contributed by atoms with E-state index < -0.39 is 0 Å². The van der Waals surface area contributed by atoms with Gasteiger partial charge in [0, 0.05) is 7.05 Å². The average molecular weight is 349 g/mol. The van der Waals surface area contributed by atoms with Gasteiger partial charge in [-0.25, -0.2) is 0 Å². The van der Waals surface area contributed by atoms with E-state index in [2.05, 4.69) is 6.92 Å². The molecule has 1 amide bonds. The highest BCUT2D eigenvalue weighted by Crippen LogP contribution is 2.18. The van der Waals surface area contributed by atoms with E-state index in [1.54, 1.807) is 31.3 Å². The molecule has 0 radical (unpaired) electrons. The molecule has 0 saturated carbocycles. The molecule has 0 atom stereocenters. The Morgan fingerprint density at radius 2 is 1.64 bits per heavy atom. The van der Waals surface area contributed by atoms with Crippen LogP contribution >= 0.6 is 0 Å². The molecule has 0 aliphatic carbocycles. The Bertz CT molecular complexity index is 530. The van der Waals surface area contributed by atoms with E-state index >= 15 is 0 Å². The quantitative estimate of drug-likeness (QED) is 0.422. The minimum atomic E-state index is -0.378. The first-order valence-electron chi connectivity index (χ1n) is 9.14. The minimum Gasteiger partial charge on any atom is -0.496 e. The molecule has 0 fully saturated rings. The summed E-state index contributed by atoms with van der Waals surface area (Å²) in [5.74, 6) is -0.141. The Kier molecular flexibility index (Phi) is 10.4. The molecule has 0 saturated heterocycles. The second-order valence-electron chi connectivity index (χ2n) is 6.20. The summed E-state index contributed by atoms with van der Waals surface area (Å²) in [5, 5.41) is 0. The van der Waals surface area contributed by atoms with Gasteiger partial charge < -0.3 is 14.4 Å². The monoisotopic (exact) mass is 349 g/mol. The molecule has 1 rings (SSSR count). The number of carbonyl (C=O) groups is 2. The maximum Gasteiger partial charge on any atom is 0.325 e. The van der Waals surface area contributed by atoms with Gasteiger partial charge in [-0.3, -0.25) is 9.59 Å². The van der Waals surface area contributed by atoms with Crippen molar-refractivity contribution < 1.29 is 19.1 Å². The first-order chi connectivity index (χ1) is 12.1. The van der Waals surface area contributed by atoms with Crippen molar-refractivity contribution in [3.63, 3.8) is 0 Å². The van der Waals surface area contributed by atoms with Crippen LogP contribution in [0, 0.1) is 0 Å². The molecule has 1 aromatic rings. The normalized spacial score (nSPS) is 10.4. The average Bonchev–Trinajstić information content (AvgIpc) is 2.63. The summed E-state index contributed by atoms with van der Waals surface area (Å²) in [6.45, 7) is 2.56. The summed E-state index contributed by atoms with van der Waals surface area (Å²) in [7, 11) is 3.10. The predicted molar refractivity (Wildman–Crippen MR) is 98.9 cm³/mol. The van der Waals surface area contributed by atoms with Gasteiger partial charge in [-0.2, -0.15) is 0 Å². The third kappa shape index (κ3) is 8.05. The fourth-order valence-electron chi connectivity index (χ4n) is 2.58. The Hall–Kier alpha value is -2.04. The first kappa shape index (κ1) is 21.0. The summed E-state index contributed by atoms with van der Waals surface area (Å²) in [6, 6.07) is 6.97. The van der Waals surface area contributed by atoms with Gasteiger partial charge in [0.25, 0.3) is 5.91 Å². The molecule has 5 heteroatoms. The van der Waals surface area contributed by atoms with Crippen LogP contribution in [-0.4, -0.2) is 44.1 Å². The number of rotatable bonds is 12. The molecule has 0 aliphatic heterocycles. The molecule has 5 nitrogen and oxygen atoms in total. The lowest BCUT2D eigenvalue weighted by Crippen LogP contribution is -2.33. The van der Waals surface area contributed by atoms with Crippen LogP contribution in [0.25, 0.3) is 0 Å². The highest BCUT2D eigenvalue weighted by atomic mass is 16.5. The van der Waals surface area contributed by atoms with Gasteiger partial charge in [-0.05, 0) is 18.6 Å². The maximum atomic E-state index is 12.4. The Labute approximate surface area is 151 Å². The first-order valence-corrected chi connectivity index (χ1v) is 9.14. The third-order valence-corrected chi connectivity index (χ3v) is 4.06. The molecule has 0 bridgehead atoms. The molecule has 0 N–H and O–H groups in total. The van der Waals surface area contributed by atoms with E-state index in [-0.39, 0.29) is 18.4 Å². The van der Waals surface area contributed by atoms with Gasteiger partial charge in [0.2, 0.25) is 0 Å². The molecule has 25 heavy (non-hydrogen) atoms. The zero-order valence-electron chi connectivity index (χ0n) is 15.8. The van der Waals surface area contributed by atoms with Gasteiger partial charge in [0.05, 0.1) is 19.3 Å². The smallest absolute Gasteiger partial charge is 0.325 e. The fourth-order valence-corrected chi connectivity index (χ4v) is 2.58. The largest absolute Gasteiger partial charge is 0.496 e. The predicted octanol–water partition coefficient (Wildman–Crippen LogP) is 4.06. The molecule has 0 heterocycles. The molecule has 140 valence electrons. The second-order valence-corrected chi connectivity index (χ2v) is 6.20. The van der Waals surface area contributed by atoms with Gasteiger partial charge in [0.1, 0.15) is 12.3 Å². The van der Waals surface area contributed by atoms with Crippen LogP contribution in [0.1, 0.15) is 62.2 Å². The Morgan fingerprint density at radius 1 is 1.00 bits per heavy atom. The lowest BCUT2D eigenvalue weighted by Gasteiger charge is -2.17. The van der Waals surface area contributed by atoms with Crippen molar-refractivity contribution in [1.29, 1.82) is 0 Å². The standard InChI is InChI=1S/C20H31NO4/c1-4-5-6-7-8-9-12-15-25-19(22)16-21(2)20(23)17-13-10-11-14-18(17)24-3/h10-11,13-14H,4-9,12,15-16H2,1-3H3. The summed E-state index contributed by atoms with van der Waals surface area (Å²) >= 11 is 0. The number of carbonyl (C=O) groups excluding carboxylic acids is 2. The number of para-hydroxylation sites is 1. The van der Waals surface area contributed by atoms with Crippen molar-refractivity contribution in [3.8, 4) is 5.75 Å². The topological polar surface area (TPSA) is 55.8 Å². The molecular formula is C20H31NO4. The fraction of sp³-hybridized carbons (Fsp3) is 0.600. The van der Waals surface area contributed by atoms with Crippen molar-refractivity contribution in [2.24, 2.45) is 0 Å². The van der Waals surface area contributed by atoms with Crippen molar-refractivity contribution in [1.82, 2.24) is 4.90 Å². The summed E-state index contributed by atoms with van der Waals surface area (Å²) < 4.78 is 10.4. The number of nitrogens with zero attached hydrogens (tertiary/aromatic N) is 1. The lowest BCUT2D eigenvalue weighted by molar-refractivity contribution is -0.144. The van der Waals surface area contributed by atoms with Crippen molar-refractivity contribution in [3.05, 3.63) is 29.8 Å². The summed E-state index contributed by atoms with van der Waals surface area (Å²) in [6.07, 6.45) is 8.21. The number of hydrogen-bond acceptors (Lipinski definition) is 4. The van der Waals surface area contributed by atoms with Crippen molar-refractivity contribution >= 4 is 11.9 Å². The SMILES string of the molecule is CCCCCCCCCOC(=O)CN(C)C(=O)c1ccccc1OC. The number of benzene rings is 1. The van der Waals surface area contributed by atoms with Gasteiger partial charge in [-0.15, -0.1) is 0 Å². The number of likely N-dealkylation sites (N-methyl/N-ethyl adjacent to an activating group) is 1. The zero-order chi connectivity index (χ0) is 18.5. The number of methoxy groups -OCH3 is 1. The second kappa shape index (κ2) is 12.3. The van der Waals surface area contributed by atoms with Gasteiger partial charge in [-0.1, -0.05) is 57.6 Å². The van der Waals surface area contributed by atoms with Crippen molar-refractivity contribution in [2.45, 2.75) is 51.9 Å². The van der Waals surface area contributed by atoms with E-state index in [0.717, 1.165) is 12.8 Å². The molecule has 0 unspecified atom stereocenters. The molecule has 0 spiro atoms. The van der Waals surface area contributed by atoms with Crippen LogP contribution in [0.15, 0.2) is 24.3 Å². The van der Waals surface area contributed by atoms with E-state index in [1.807, 2.05) is 0 Å². The third-order valence-electron chi connectivity index (χ3n) is 4.06. The van der Waals surface area contributed by atoms with E-state index in [4.69, 9.17) is 9.47 Å². The van der Waals surface area contributed by atoms with E-state index in [9.17, 15) is 9.59 Å². The minimum absolute atomic E-state index is 0.0621. The van der Waals surface area contributed by atoms with Crippen LogP contribution in [0.5, 0.6) is 5.75 Å². The zero-order valence-corrected chi connectivity index (χ0v) is 15.8. The number of ether oxygens (including phenoxy) is 2. The van der Waals surface area contributed by atoms with Gasteiger partial charge >= 0.3 is 5.97 Å². The van der Waals surface area contributed by atoms with Crippen LogP contribution < -0.4 is 4.74 Å². The summed E-state index contributed by atoms with van der Waals surface area (Å²) in [4.78, 5) is 25.6.